The Balaban J connectivity index is 2.18. The molecule has 1 atom stereocenters. The summed E-state index contributed by atoms with van der Waals surface area (Å²) in [7, 11) is 0. The molecule has 0 aliphatic rings. The zero-order valence-electron chi connectivity index (χ0n) is 10.7. The Morgan fingerprint density at radius 2 is 2.05 bits per heavy atom. The molecule has 20 heavy (non-hydrogen) atoms. The van der Waals surface area contributed by atoms with Crippen LogP contribution < -0.4 is 4.74 Å². The molecule has 0 heterocycles. The minimum Gasteiger partial charge on any atom is -0.488 e. The van der Waals surface area contributed by atoms with Gasteiger partial charge in [-0.1, -0.05) is 33.6 Å². The average molecular weight is 360 g/mol. The molecule has 5 heteroatoms. The van der Waals surface area contributed by atoms with Crippen molar-refractivity contribution in [3.05, 3.63) is 62.8 Å². The van der Waals surface area contributed by atoms with E-state index in [1.807, 2.05) is 0 Å². The minimum atomic E-state index is -0.710. The van der Waals surface area contributed by atoms with Gasteiger partial charge in [0.15, 0.2) is 0 Å². The molecule has 0 aliphatic heterocycles. The number of benzene rings is 2. The number of rotatable bonds is 4. The smallest absolute Gasteiger partial charge is 0.130 e. The van der Waals surface area contributed by atoms with Crippen LogP contribution in [0.1, 0.15) is 24.2 Å². The van der Waals surface area contributed by atoms with Gasteiger partial charge in [-0.3, -0.25) is 0 Å². The second-order valence-corrected chi connectivity index (χ2v) is 5.73. The van der Waals surface area contributed by atoms with Crippen LogP contribution in [0.4, 0.5) is 4.39 Å². The molecule has 0 unspecified atom stereocenters. The quantitative estimate of drug-likeness (QED) is 0.843. The zero-order valence-corrected chi connectivity index (χ0v) is 13.1. The Morgan fingerprint density at radius 1 is 1.30 bits per heavy atom. The van der Waals surface area contributed by atoms with Gasteiger partial charge in [-0.05, 0) is 37.3 Å². The van der Waals surface area contributed by atoms with Crippen LogP contribution in [0, 0.1) is 5.82 Å². The molecule has 0 amide bonds. The molecule has 0 bridgehead atoms. The van der Waals surface area contributed by atoms with E-state index in [-0.39, 0.29) is 12.4 Å². The van der Waals surface area contributed by atoms with E-state index in [0.717, 1.165) is 0 Å². The summed E-state index contributed by atoms with van der Waals surface area (Å²) in [5.41, 5.74) is 1.02. The van der Waals surface area contributed by atoms with E-state index in [2.05, 4.69) is 15.9 Å². The van der Waals surface area contributed by atoms with Crippen LogP contribution in [0.15, 0.2) is 40.9 Å². The zero-order chi connectivity index (χ0) is 14.7. The topological polar surface area (TPSA) is 29.5 Å². The molecule has 0 spiro atoms. The molecular weight excluding hydrogens is 347 g/mol. The van der Waals surface area contributed by atoms with E-state index >= 15 is 0 Å². The molecule has 0 fully saturated rings. The highest BCUT2D eigenvalue weighted by Gasteiger charge is 2.11. The lowest BCUT2D eigenvalue weighted by molar-refractivity contribution is 0.190. The van der Waals surface area contributed by atoms with E-state index in [4.69, 9.17) is 16.3 Å². The second kappa shape index (κ2) is 6.57. The summed E-state index contributed by atoms with van der Waals surface area (Å²) in [5.74, 6) is 0.152. The molecule has 1 N–H and O–H groups in total. The van der Waals surface area contributed by atoms with E-state index < -0.39 is 6.10 Å². The third-order valence-corrected chi connectivity index (χ3v) is 3.55. The van der Waals surface area contributed by atoms with Crippen molar-refractivity contribution in [2.45, 2.75) is 19.6 Å². The van der Waals surface area contributed by atoms with Crippen LogP contribution in [0.3, 0.4) is 0 Å². The fourth-order valence-corrected chi connectivity index (χ4v) is 2.29. The van der Waals surface area contributed by atoms with Gasteiger partial charge in [-0.2, -0.15) is 0 Å². The fourth-order valence-electron chi connectivity index (χ4n) is 1.77. The Morgan fingerprint density at radius 3 is 2.70 bits per heavy atom. The van der Waals surface area contributed by atoms with E-state index in [0.29, 0.717) is 26.4 Å². The van der Waals surface area contributed by atoms with Crippen LogP contribution in [0.5, 0.6) is 5.75 Å². The van der Waals surface area contributed by atoms with Crippen molar-refractivity contribution in [3.63, 3.8) is 0 Å². The number of aliphatic hydroxyl groups excluding tert-OH is 1. The van der Waals surface area contributed by atoms with E-state index in [1.165, 1.54) is 6.07 Å². The largest absolute Gasteiger partial charge is 0.488 e. The van der Waals surface area contributed by atoms with Crippen molar-refractivity contribution < 1.29 is 14.2 Å². The normalized spacial score (nSPS) is 12.2. The van der Waals surface area contributed by atoms with Gasteiger partial charge in [0.1, 0.15) is 18.2 Å². The number of halogens is 3. The number of ether oxygens (including phenoxy) is 1. The second-order valence-electron chi connectivity index (χ2n) is 4.38. The molecule has 0 aromatic heterocycles. The van der Waals surface area contributed by atoms with Gasteiger partial charge in [0.05, 0.1) is 6.10 Å². The summed E-state index contributed by atoms with van der Waals surface area (Å²) in [4.78, 5) is 0. The highest BCUT2D eigenvalue weighted by Crippen LogP contribution is 2.29. The third-order valence-electron chi connectivity index (χ3n) is 2.82. The Hall–Kier alpha value is -1.10. The molecule has 2 nitrogen and oxygen atoms in total. The highest BCUT2D eigenvalue weighted by molar-refractivity contribution is 9.10. The Kier molecular flexibility index (Phi) is 5.02. The van der Waals surface area contributed by atoms with Gasteiger partial charge in [0.2, 0.25) is 0 Å². The maximum absolute atomic E-state index is 13.7. The molecule has 106 valence electrons. The van der Waals surface area contributed by atoms with E-state index in [1.54, 1.807) is 37.3 Å². The lowest BCUT2D eigenvalue weighted by Crippen LogP contribution is -2.02. The maximum atomic E-state index is 13.7. The summed E-state index contributed by atoms with van der Waals surface area (Å²) in [6.45, 7) is 1.71. The monoisotopic (exact) mass is 358 g/mol. The third kappa shape index (κ3) is 3.72. The first-order valence-corrected chi connectivity index (χ1v) is 7.18. The lowest BCUT2D eigenvalue weighted by Gasteiger charge is -2.14. The van der Waals surface area contributed by atoms with Gasteiger partial charge in [-0.15, -0.1) is 0 Å². The number of aliphatic hydroxyl groups is 1. The first-order valence-electron chi connectivity index (χ1n) is 6.01. The molecule has 0 radical (unpaired) electrons. The van der Waals surface area contributed by atoms with Crippen LogP contribution in [0.2, 0.25) is 5.02 Å². The summed E-state index contributed by atoms with van der Waals surface area (Å²) in [6.07, 6.45) is -0.710. The summed E-state index contributed by atoms with van der Waals surface area (Å²) in [6, 6.07) is 9.76. The van der Waals surface area contributed by atoms with E-state index in [9.17, 15) is 9.50 Å². The molecule has 2 aromatic rings. The number of hydrogen-bond donors (Lipinski definition) is 1. The molecule has 0 saturated heterocycles. The standard InChI is InChI=1S/C15H13BrClFO2/c1-9(19)13-7-12(17)4-5-15(13)20-8-10-2-3-11(16)6-14(10)18/h2-7,9,19H,8H2,1H3/t9-/m0/s1. The van der Waals surface area contributed by atoms with Crippen LogP contribution in [0.25, 0.3) is 0 Å². The predicted molar refractivity (Wildman–Crippen MR) is 80.5 cm³/mol. The Bertz CT molecular complexity index is 617. The van der Waals surface area contributed by atoms with Gasteiger partial charge in [0.25, 0.3) is 0 Å². The first-order chi connectivity index (χ1) is 9.47. The van der Waals surface area contributed by atoms with Crippen LogP contribution in [-0.4, -0.2) is 5.11 Å². The predicted octanol–water partition coefficient (Wildman–Crippen LogP) is 4.87. The maximum Gasteiger partial charge on any atom is 0.130 e. The van der Waals surface area contributed by atoms with Gasteiger partial charge in [-0.25, -0.2) is 4.39 Å². The minimum absolute atomic E-state index is 0.0838. The number of hydrogen-bond acceptors (Lipinski definition) is 2. The first kappa shape index (κ1) is 15.3. The highest BCUT2D eigenvalue weighted by atomic mass is 79.9. The SMILES string of the molecule is C[C@H](O)c1cc(Cl)ccc1OCc1ccc(Br)cc1F. The van der Waals surface area contributed by atoms with Crippen molar-refractivity contribution in [3.8, 4) is 5.75 Å². The van der Waals surface area contributed by atoms with Crippen molar-refractivity contribution >= 4 is 27.5 Å². The fraction of sp³-hybridized carbons (Fsp3) is 0.200. The van der Waals surface area contributed by atoms with Crippen molar-refractivity contribution in [1.82, 2.24) is 0 Å². The average Bonchev–Trinajstić information content (AvgIpc) is 2.38. The molecule has 2 rings (SSSR count). The van der Waals surface area contributed by atoms with Gasteiger partial charge >= 0.3 is 0 Å². The summed E-state index contributed by atoms with van der Waals surface area (Å²) >= 11 is 9.09. The molecule has 0 saturated carbocycles. The van der Waals surface area contributed by atoms with Crippen LogP contribution >= 0.6 is 27.5 Å². The van der Waals surface area contributed by atoms with Gasteiger partial charge in [0, 0.05) is 20.6 Å². The summed E-state index contributed by atoms with van der Waals surface area (Å²) < 4.78 is 20.0. The lowest BCUT2D eigenvalue weighted by atomic mass is 10.1. The Labute approximate surface area is 130 Å². The molecule has 0 aliphatic carbocycles. The van der Waals surface area contributed by atoms with Crippen molar-refractivity contribution in [2.24, 2.45) is 0 Å². The molecular formula is C15H13BrClFO2. The van der Waals surface area contributed by atoms with Crippen LogP contribution in [-0.2, 0) is 6.61 Å². The molecule has 2 aromatic carbocycles. The summed E-state index contributed by atoms with van der Waals surface area (Å²) in [5, 5.41) is 10.2. The van der Waals surface area contributed by atoms with Crippen molar-refractivity contribution in [2.75, 3.05) is 0 Å². The van der Waals surface area contributed by atoms with Crippen molar-refractivity contribution in [1.29, 1.82) is 0 Å². The van der Waals surface area contributed by atoms with Gasteiger partial charge < -0.3 is 9.84 Å².